The van der Waals surface area contributed by atoms with Gasteiger partial charge >= 0.3 is 8.56 Å². The maximum absolute atomic E-state index is 6.42. The average Bonchev–Trinajstić information content (AvgIpc) is 2.27. The minimum atomic E-state index is -2.29. The second-order valence-corrected chi connectivity index (χ2v) is 11.3. The lowest BCUT2D eigenvalue weighted by molar-refractivity contribution is 0.126. The second-order valence-electron chi connectivity index (χ2n) is 6.75. The molecule has 0 aromatic heterocycles. The van der Waals surface area contributed by atoms with Crippen LogP contribution in [-0.2, 0) is 8.85 Å². The van der Waals surface area contributed by atoms with Gasteiger partial charge in [-0.2, -0.15) is 0 Å². The van der Waals surface area contributed by atoms with E-state index in [9.17, 15) is 0 Å². The van der Waals surface area contributed by atoms with E-state index in [0.717, 1.165) is 13.2 Å². The van der Waals surface area contributed by atoms with Gasteiger partial charge in [-0.3, -0.25) is 0 Å². The smallest absolute Gasteiger partial charge is 0.349 e. The molecule has 0 aromatic rings. The maximum atomic E-state index is 6.42. The molecule has 0 unspecified atom stereocenters. The van der Waals surface area contributed by atoms with Gasteiger partial charge < -0.3 is 8.85 Å². The van der Waals surface area contributed by atoms with E-state index in [2.05, 4.69) is 55.4 Å². The Morgan fingerprint density at radius 1 is 0.684 bits per heavy atom. The normalized spacial score (nSPS) is 13.9. The molecule has 0 aliphatic carbocycles. The summed E-state index contributed by atoms with van der Waals surface area (Å²) in [5, 5.41) is 0.291. The van der Waals surface area contributed by atoms with E-state index in [1.165, 1.54) is 25.7 Å². The molecule has 0 aromatic carbocycles. The molecule has 0 aliphatic heterocycles. The van der Waals surface area contributed by atoms with Crippen LogP contribution in [0.5, 0.6) is 0 Å². The average molecular weight is 289 g/mol. The fourth-order valence-electron chi connectivity index (χ4n) is 3.72. The fourth-order valence-corrected chi connectivity index (χ4v) is 9.17. The first kappa shape index (κ1) is 19.1. The van der Waals surface area contributed by atoms with Crippen molar-refractivity contribution < 1.29 is 8.85 Å². The van der Waals surface area contributed by atoms with Crippen LogP contribution in [0.1, 0.15) is 81.1 Å². The molecule has 19 heavy (non-hydrogen) atoms. The largest absolute Gasteiger partial charge is 0.394 e. The van der Waals surface area contributed by atoms with E-state index >= 15 is 0 Å². The fraction of sp³-hybridized carbons (Fsp3) is 1.00. The summed E-state index contributed by atoms with van der Waals surface area (Å²) in [6.45, 7) is 19.6. The third kappa shape index (κ3) is 4.05. The van der Waals surface area contributed by atoms with E-state index in [-0.39, 0.29) is 10.1 Å². The third-order valence-electron chi connectivity index (χ3n) is 4.23. The summed E-state index contributed by atoms with van der Waals surface area (Å²) in [4.78, 5) is 0. The molecular weight excluding hydrogens is 252 g/mol. The van der Waals surface area contributed by atoms with Crippen molar-refractivity contribution in [2.45, 2.75) is 91.1 Å². The lowest BCUT2D eigenvalue weighted by Crippen LogP contribution is -2.59. The molecule has 0 spiro atoms. The van der Waals surface area contributed by atoms with E-state index in [1.807, 2.05) is 0 Å². The van der Waals surface area contributed by atoms with Crippen LogP contribution >= 0.6 is 0 Å². The maximum Gasteiger partial charge on any atom is 0.349 e. The van der Waals surface area contributed by atoms with Crippen molar-refractivity contribution in [2.24, 2.45) is 0 Å². The van der Waals surface area contributed by atoms with Crippen molar-refractivity contribution in [3.05, 3.63) is 0 Å². The van der Waals surface area contributed by atoms with Gasteiger partial charge in [-0.25, -0.2) is 0 Å². The van der Waals surface area contributed by atoms with Crippen molar-refractivity contribution in [1.82, 2.24) is 0 Å². The van der Waals surface area contributed by atoms with E-state index < -0.39 is 8.56 Å². The minimum absolute atomic E-state index is 0.145. The van der Waals surface area contributed by atoms with Gasteiger partial charge in [-0.1, -0.05) is 54.4 Å². The molecule has 3 heteroatoms. The van der Waals surface area contributed by atoms with E-state index in [0.29, 0.717) is 0 Å². The van der Waals surface area contributed by atoms with Crippen molar-refractivity contribution >= 4 is 8.56 Å². The Morgan fingerprint density at radius 3 is 1.21 bits per heavy atom. The van der Waals surface area contributed by atoms with Gasteiger partial charge in [0.2, 0.25) is 0 Å². The molecule has 0 atom stereocenters. The highest BCUT2D eigenvalue weighted by molar-refractivity contribution is 6.73. The highest BCUT2D eigenvalue weighted by Gasteiger charge is 2.60. The van der Waals surface area contributed by atoms with Gasteiger partial charge in [0.15, 0.2) is 0 Å². The lowest BCUT2D eigenvalue weighted by atomic mass is 10.1. The Labute approximate surface area is 122 Å². The van der Waals surface area contributed by atoms with Crippen LogP contribution in [0.15, 0.2) is 0 Å². The molecule has 0 aliphatic rings. The molecule has 0 rings (SSSR count). The third-order valence-corrected chi connectivity index (χ3v) is 9.68. The van der Waals surface area contributed by atoms with Gasteiger partial charge in [-0.05, 0) is 26.7 Å². The summed E-state index contributed by atoms with van der Waals surface area (Å²) in [6, 6.07) is 0. The van der Waals surface area contributed by atoms with Crippen molar-refractivity contribution in [3.63, 3.8) is 0 Å². The van der Waals surface area contributed by atoms with Gasteiger partial charge in [0.1, 0.15) is 0 Å². The molecule has 0 saturated carbocycles. The van der Waals surface area contributed by atoms with E-state index in [4.69, 9.17) is 8.85 Å². The van der Waals surface area contributed by atoms with Gasteiger partial charge in [-0.15, -0.1) is 0 Å². The molecule has 0 amide bonds. The topological polar surface area (TPSA) is 18.5 Å². The summed E-state index contributed by atoms with van der Waals surface area (Å²) in [7, 11) is -2.29. The Morgan fingerprint density at radius 2 is 1.00 bits per heavy atom. The van der Waals surface area contributed by atoms with Crippen molar-refractivity contribution in [3.8, 4) is 0 Å². The summed E-state index contributed by atoms with van der Waals surface area (Å²) >= 11 is 0. The zero-order valence-electron chi connectivity index (χ0n) is 14.6. The first-order chi connectivity index (χ1) is 8.74. The summed E-state index contributed by atoms with van der Waals surface area (Å²) in [6.07, 6.45) is 4.72. The Hall–Kier alpha value is 0.137. The number of rotatable bonds is 10. The zero-order valence-corrected chi connectivity index (χ0v) is 15.6. The molecule has 0 bridgehead atoms. The molecule has 0 heterocycles. The Bertz CT molecular complexity index is 223. The monoisotopic (exact) mass is 288 g/mol. The van der Waals surface area contributed by atoms with Gasteiger partial charge in [0.05, 0.1) is 0 Å². The predicted octanol–water partition coefficient (Wildman–Crippen LogP) is 5.66. The zero-order chi connectivity index (χ0) is 15.2. The lowest BCUT2D eigenvalue weighted by Gasteiger charge is -2.51. The van der Waals surface area contributed by atoms with Crippen LogP contribution < -0.4 is 0 Å². The molecule has 116 valence electrons. The standard InChI is InChI=1S/C16H36O2Si/c1-9-13-15(5,6)19(17-11-3,18-12-4)16(7,8)14-10-2/h9-14H2,1-8H3. The Kier molecular flexibility index (Phi) is 7.85. The summed E-state index contributed by atoms with van der Waals surface area (Å²) in [5.41, 5.74) is 0. The number of hydrogen-bond donors (Lipinski definition) is 0. The van der Waals surface area contributed by atoms with Crippen LogP contribution in [0.3, 0.4) is 0 Å². The number of hydrogen-bond acceptors (Lipinski definition) is 2. The first-order valence-corrected chi connectivity index (χ1v) is 9.84. The quantitative estimate of drug-likeness (QED) is 0.483. The van der Waals surface area contributed by atoms with Crippen LogP contribution in [0.25, 0.3) is 0 Å². The Balaban J connectivity index is 5.65. The minimum Gasteiger partial charge on any atom is -0.394 e. The van der Waals surface area contributed by atoms with Crippen LogP contribution in [-0.4, -0.2) is 21.8 Å². The summed E-state index contributed by atoms with van der Waals surface area (Å²) < 4.78 is 12.8. The molecular formula is C16H36O2Si. The highest BCUT2D eigenvalue weighted by Crippen LogP contribution is 2.56. The van der Waals surface area contributed by atoms with Crippen LogP contribution in [0.2, 0.25) is 10.1 Å². The van der Waals surface area contributed by atoms with Gasteiger partial charge in [0.25, 0.3) is 0 Å². The highest BCUT2D eigenvalue weighted by atomic mass is 28.4. The molecule has 0 N–H and O–H groups in total. The summed E-state index contributed by atoms with van der Waals surface area (Å²) in [5.74, 6) is 0. The van der Waals surface area contributed by atoms with Crippen molar-refractivity contribution in [2.75, 3.05) is 13.2 Å². The van der Waals surface area contributed by atoms with Crippen molar-refractivity contribution in [1.29, 1.82) is 0 Å². The van der Waals surface area contributed by atoms with Crippen LogP contribution in [0, 0.1) is 0 Å². The molecule has 0 saturated heterocycles. The molecule has 2 nitrogen and oxygen atoms in total. The first-order valence-electron chi connectivity index (χ1n) is 8.02. The SMILES string of the molecule is CCCC(C)(C)[Si](OCC)(OCC)C(C)(C)CCC. The van der Waals surface area contributed by atoms with E-state index in [1.54, 1.807) is 0 Å². The molecule has 0 radical (unpaired) electrons. The molecule has 0 fully saturated rings. The van der Waals surface area contributed by atoms with Gasteiger partial charge in [0, 0.05) is 23.3 Å². The predicted molar refractivity (Wildman–Crippen MR) is 86.9 cm³/mol. The second kappa shape index (κ2) is 7.80. The van der Waals surface area contributed by atoms with Crippen LogP contribution in [0.4, 0.5) is 0 Å².